The first-order chi connectivity index (χ1) is 9.79. The number of nitrogens with two attached hydrogens (primary N) is 1. The Morgan fingerprint density at radius 3 is 2.95 bits per heavy atom. The molecule has 5 nitrogen and oxygen atoms in total. The Labute approximate surface area is 119 Å². The number of amides is 1. The molecule has 20 heavy (non-hydrogen) atoms. The third-order valence-electron chi connectivity index (χ3n) is 4.65. The molecule has 0 aromatic carbocycles. The number of aromatic nitrogens is 1. The number of anilines is 1. The predicted molar refractivity (Wildman–Crippen MR) is 78.1 cm³/mol. The summed E-state index contributed by atoms with van der Waals surface area (Å²) in [7, 11) is 0. The lowest BCUT2D eigenvalue weighted by Crippen LogP contribution is -2.49. The average molecular weight is 274 g/mol. The maximum Gasteiger partial charge on any atom is 0.272 e. The molecule has 1 amide bonds. The van der Waals surface area contributed by atoms with Gasteiger partial charge in [-0.15, -0.1) is 0 Å². The van der Waals surface area contributed by atoms with Gasteiger partial charge in [-0.25, -0.2) is 0 Å². The third kappa shape index (κ3) is 2.50. The van der Waals surface area contributed by atoms with Gasteiger partial charge in [0.15, 0.2) is 0 Å². The van der Waals surface area contributed by atoms with Crippen molar-refractivity contribution in [1.29, 1.82) is 0 Å². The molecule has 5 heteroatoms. The van der Waals surface area contributed by atoms with E-state index in [1.165, 1.54) is 25.7 Å². The van der Waals surface area contributed by atoms with Gasteiger partial charge in [0, 0.05) is 18.8 Å². The molecule has 0 spiro atoms. The lowest BCUT2D eigenvalue weighted by Gasteiger charge is -2.44. The van der Waals surface area contributed by atoms with Gasteiger partial charge in [0.2, 0.25) is 0 Å². The number of carbonyl (C=O) groups excluding carboxylic acids is 1. The molecule has 0 radical (unpaired) electrons. The average Bonchev–Trinajstić information content (AvgIpc) is 2.53. The minimum atomic E-state index is 0.0544. The van der Waals surface area contributed by atoms with Crippen LogP contribution in [0, 0.1) is 5.92 Å². The summed E-state index contributed by atoms with van der Waals surface area (Å²) in [5, 5.41) is 0. The fourth-order valence-corrected chi connectivity index (χ4v) is 3.66. The Morgan fingerprint density at radius 2 is 2.10 bits per heavy atom. The van der Waals surface area contributed by atoms with E-state index in [2.05, 4.69) is 15.3 Å². The van der Waals surface area contributed by atoms with E-state index in [0.717, 1.165) is 25.1 Å². The van der Waals surface area contributed by atoms with Gasteiger partial charge in [-0.05, 0) is 43.7 Å². The molecule has 1 aliphatic carbocycles. The van der Waals surface area contributed by atoms with Crippen molar-refractivity contribution in [2.45, 2.75) is 44.6 Å². The van der Waals surface area contributed by atoms with Crippen molar-refractivity contribution in [3.05, 3.63) is 24.0 Å². The molecule has 1 saturated heterocycles. The number of nitrogen functional groups attached to an aromatic ring is 1. The van der Waals surface area contributed by atoms with Crippen molar-refractivity contribution < 1.29 is 4.79 Å². The molecular weight excluding hydrogens is 252 g/mol. The molecule has 1 aliphatic heterocycles. The zero-order valence-corrected chi connectivity index (χ0v) is 11.7. The molecule has 3 rings (SSSR count). The second-order valence-corrected chi connectivity index (χ2v) is 5.83. The van der Waals surface area contributed by atoms with Crippen LogP contribution in [0.15, 0.2) is 18.3 Å². The Hall–Kier alpha value is -1.62. The number of pyridine rings is 1. The number of rotatable bonds is 2. The van der Waals surface area contributed by atoms with Crippen LogP contribution >= 0.6 is 0 Å². The first-order valence-corrected chi connectivity index (χ1v) is 7.53. The van der Waals surface area contributed by atoms with Gasteiger partial charge in [0.05, 0.1) is 5.69 Å². The summed E-state index contributed by atoms with van der Waals surface area (Å²) in [6, 6.07) is 3.91. The van der Waals surface area contributed by atoms with Crippen LogP contribution in [0.3, 0.4) is 0 Å². The summed E-state index contributed by atoms with van der Waals surface area (Å²) in [6.45, 7) is 0.863. The van der Waals surface area contributed by atoms with Crippen LogP contribution in [0.4, 0.5) is 5.69 Å². The fourth-order valence-electron chi connectivity index (χ4n) is 3.66. The topological polar surface area (TPSA) is 71.2 Å². The van der Waals surface area contributed by atoms with E-state index in [9.17, 15) is 4.79 Å². The smallest absolute Gasteiger partial charge is 0.272 e. The molecule has 108 valence electrons. The number of hydrogen-bond acceptors (Lipinski definition) is 4. The number of nitrogens with one attached hydrogen (secondary N) is 1. The predicted octanol–water partition coefficient (Wildman–Crippen LogP) is 2.16. The van der Waals surface area contributed by atoms with E-state index in [1.54, 1.807) is 18.3 Å². The second kappa shape index (κ2) is 5.79. The number of carbonyl (C=O) groups is 1. The summed E-state index contributed by atoms with van der Waals surface area (Å²) in [5.41, 5.74) is 3.79. The first kappa shape index (κ1) is 13.4. The molecule has 2 heterocycles. The number of hydrogen-bond donors (Lipinski definition) is 2. The number of nitrogens with zero attached hydrogens (tertiary/aromatic N) is 2. The Morgan fingerprint density at radius 1 is 1.30 bits per heavy atom. The van der Waals surface area contributed by atoms with E-state index in [-0.39, 0.29) is 5.91 Å². The highest BCUT2D eigenvalue weighted by Crippen LogP contribution is 2.35. The SMILES string of the molecule is NNc1ccnc(C(=O)N2CCC[C@H]3CCCC[C@H]32)c1. The lowest BCUT2D eigenvalue weighted by atomic mass is 9.78. The second-order valence-electron chi connectivity index (χ2n) is 5.83. The highest BCUT2D eigenvalue weighted by atomic mass is 16.2. The number of likely N-dealkylation sites (tertiary alicyclic amines) is 1. The Kier molecular flexibility index (Phi) is 3.87. The van der Waals surface area contributed by atoms with E-state index >= 15 is 0 Å². The summed E-state index contributed by atoms with van der Waals surface area (Å²) < 4.78 is 0. The number of piperidine rings is 1. The maximum atomic E-state index is 12.7. The monoisotopic (exact) mass is 274 g/mol. The van der Waals surface area contributed by atoms with Crippen LogP contribution in [0.5, 0.6) is 0 Å². The molecule has 0 unspecified atom stereocenters. The summed E-state index contributed by atoms with van der Waals surface area (Å²) in [5.74, 6) is 6.15. The van der Waals surface area contributed by atoms with Gasteiger partial charge in [-0.1, -0.05) is 12.8 Å². The van der Waals surface area contributed by atoms with Gasteiger partial charge in [-0.3, -0.25) is 15.6 Å². The van der Waals surface area contributed by atoms with Crippen LogP contribution in [-0.4, -0.2) is 28.4 Å². The standard InChI is InChI=1S/C15H22N4O/c16-18-12-7-8-17-13(10-12)15(20)19-9-3-5-11-4-1-2-6-14(11)19/h7-8,10-11,14H,1-6,9,16H2,(H,17,18)/t11-,14-/m1/s1. The third-order valence-corrected chi connectivity index (χ3v) is 4.65. The van der Waals surface area contributed by atoms with Crippen LogP contribution < -0.4 is 11.3 Å². The normalized spacial score (nSPS) is 25.9. The van der Waals surface area contributed by atoms with E-state index in [4.69, 9.17) is 5.84 Å². The number of hydrazine groups is 1. The molecular formula is C15H22N4O. The molecule has 1 saturated carbocycles. The van der Waals surface area contributed by atoms with Gasteiger partial charge in [0.25, 0.3) is 5.91 Å². The van der Waals surface area contributed by atoms with Gasteiger partial charge in [-0.2, -0.15) is 0 Å². The zero-order chi connectivity index (χ0) is 13.9. The minimum absolute atomic E-state index is 0.0544. The first-order valence-electron chi connectivity index (χ1n) is 7.53. The van der Waals surface area contributed by atoms with Crippen molar-refractivity contribution in [2.75, 3.05) is 12.0 Å². The van der Waals surface area contributed by atoms with Crippen molar-refractivity contribution in [1.82, 2.24) is 9.88 Å². The highest BCUT2D eigenvalue weighted by Gasteiger charge is 2.36. The summed E-state index contributed by atoms with van der Waals surface area (Å²) in [4.78, 5) is 19.0. The Bertz CT molecular complexity index is 489. The van der Waals surface area contributed by atoms with E-state index in [1.807, 2.05) is 0 Å². The minimum Gasteiger partial charge on any atom is -0.334 e. The zero-order valence-electron chi connectivity index (χ0n) is 11.7. The fraction of sp³-hybridized carbons (Fsp3) is 0.600. The van der Waals surface area contributed by atoms with E-state index in [0.29, 0.717) is 17.7 Å². The maximum absolute atomic E-state index is 12.7. The van der Waals surface area contributed by atoms with Crippen molar-refractivity contribution >= 4 is 11.6 Å². The van der Waals surface area contributed by atoms with Crippen LogP contribution in [0.25, 0.3) is 0 Å². The van der Waals surface area contributed by atoms with Gasteiger partial charge in [0.1, 0.15) is 5.69 Å². The molecule has 2 aliphatic rings. The van der Waals surface area contributed by atoms with Crippen molar-refractivity contribution in [2.24, 2.45) is 11.8 Å². The van der Waals surface area contributed by atoms with Gasteiger partial charge < -0.3 is 10.3 Å². The largest absolute Gasteiger partial charge is 0.334 e. The molecule has 1 aromatic rings. The molecule has 2 atom stereocenters. The molecule has 0 bridgehead atoms. The molecule has 3 N–H and O–H groups in total. The van der Waals surface area contributed by atoms with Gasteiger partial charge >= 0.3 is 0 Å². The molecule has 1 aromatic heterocycles. The van der Waals surface area contributed by atoms with Crippen LogP contribution in [0.2, 0.25) is 0 Å². The van der Waals surface area contributed by atoms with Crippen LogP contribution in [0.1, 0.15) is 49.0 Å². The summed E-state index contributed by atoms with van der Waals surface area (Å²) >= 11 is 0. The Balaban J connectivity index is 1.81. The molecule has 2 fully saturated rings. The highest BCUT2D eigenvalue weighted by molar-refractivity contribution is 5.93. The van der Waals surface area contributed by atoms with Crippen molar-refractivity contribution in [3.63, 3.8) is 0 Å². The van der Waals surface area contributed by atoms with Crippen LogP contribution in [-0.2, 0) is 0 Å². The lowest BCUT2D eigenvalue weighted by molar-refractivity contribution is 0.0385. The van der Waals surface area contributed by atoms with E-state index < -0.39 is 0 Å². The number of fused-ring (bicyclic) bond motifs is 1. The van der Waals surface area contributed by atoms with Crippen molar-refractivity contribution in [3.8, 4) is 0 Å². The summed E-state index contributed by atoms with van der Waals surface area (Å²) in [6.07, 6.45) is 8.98. The quantitative estimate of drug-likeness (QED) is 0.640.